The highest BCUT2D eigenvalue weighted by atomic mass is 32.2. The third-order valence-corrected chi connectivity index (χ3v) is 7.77. The third-order valence-electron chi connectivity index (χ3n) is 6.29. The number of aromatic nitrogens is 1. The van der Waals surface area contributed by atoms with Crippen molar-refractivity contribution >= 4 is 32.9 Å². The highest BCUT2D eigenvalue weighted by Gasteiger charge is 2.27. The van der Waals surface area contributed by atoms with Crippen LogP contribution in [0.3, 0.4) is 0 Å². The summed E-state index contributed by atoms with van der Waals surface area (Å²) in [6.45, 7) is 4.28. The number of carboxylic acid groups (broad SMARTS) is 2. The number of carbonyl (C=O) groups is 2. The summed E-state index contributed by atoms with van der Waals surface area (Å²) in [4.78, 5) is 23.7. The molecule has 3 aromatic carbocycles. The lowest BCUT2D eigenvalue weighted by atomic mass is 10.0. The van der Waals surface area contributed by atoms with Gasteiger partial charge in [0.15, 0.2) is 0 Å². The molecule has 0 bridgehead atoms. The van der Waals surface area contributed by atoms with E-state index in [-0.39, 0.29) is 23.5 Å². The summed E-state index contributed by atoms with van der Waals surface area (Å²) in [5, 5.41) is 20.0. The summed E-state index contributed by atoms with van der Waals surface area (Å²) in [6.07, 6.45) is 1.54. The number of sulfonamides is 1. The van der Waals surface area contributed by atoms with Gasteiger partial charge in [-0.05, 0) is 67.4 Å². The number of hydrogen-bond donors (Lipinski definition) is 3. The number of fused-ring (bicyclic) bond motifs is 1. The summed E-state index contributed by atoms with van der Waals surface area (Å²) >= 11 is 0. The van der Waals surface area contributed by atoms with Crippen LogP contribution in [0, 0.1) is 18.8 Å². The molecule has 0 amide bonds. The van der Waals surface area contributed by atoms with Crippen LogP contribution in [0.15, 0.2) is 77.8 Å². The zero-order chi connectivity index (χ0) is 28.9. The Hall–Kier alpha value is -4.59. The minimum absolute atomic E-state index is 0.0433. The van der Waals surface area contributed by atoms with E-state index in [0.717, 1.165) is 11.1 Å². The fourth-order valence-electron chi connectivity index (χ4n) is 4.37. The summed E-state index contributed by atoms with van der Waals surface area (Å²) in [5.41, 5.74) is 3.34. The van der Waals surface area contributed by atoms with Gasteiger partial charge < -0.3 is 19.5 Å². The zero-order valence-corrected chi connectivity index (χ0v) is 22.7. The molecule has 0 radical (unpaired) electrons. The van der Waals surface area contributed by atoms with Crippen molar-refractivity contribution in [3.05, 3.63) is 95.2 Å². The van der Waals surface area contributed by atoms with Crippen molar-refractivity contribution < 1.29 is 33.0 Å². The smallest absolute Gasteiger partial charge is 0.335 e. The van der Waals surface area contributed by atoms with Crippen LogP contribution in [-0.4, -0.2) is 47.8 Å². The molecule has 9 nitrogen and oxygen atoms in total. The maximum absolute atomic E-state index is 13.1. The summed E-state index contributed by atoms with van der Waals surface area (Å²) in [7, 11) is -4.20. The molecule has 1 heterocycles. The molecule has 0 aliphatic rings. The van der Waals surface area contributed by atoms with E-state index in [0.29, 0.717) is 28.8 Å². The fourth-order valence-corrected chi connectivity index (χ4v) is 5.56. The van der Waals surface area contributed by atoms with E-state index in [4.69, 9.17) is 4.74 Å². The van der Waals surface area contributed by atoms with Crippen molar-refractivity contribution in [3.8, 4) is 17.6 Å². The van der Waals surface area contributed by atoms with Gasteiger partial charge in [0.1, 0.15) is 18.4 Å². The Morgan fingerprint density at radius 2 is 1.80 bits per heavy atom. The Kier molecular flexibility index (Phi) is 8.58. The Balaban J connectivity index is 1.64. The van der Waals surface area contributed by atoms with E-state index in [1.165, 1.54) is 36.4 Å². The van der Waals surface area contributed by atoms with Gasteiger partial charge in [0.2, 0.25) is 10.0 Å². The first-order chi connectivity index (χ1) is 19.1. The van der Waals surface area contributed by atoms with E-state index in [1.807, 2.05) is 35.8 Å². The van der Waals surface area contributed by atoms with E-state index in [9.17, 15) is 28.2 Å². The molecule has 10 heteroatoms. The molecule has 0 saturated carbocycles. The van der Waals surface area contributed by atoms with Gasteiger partial charge in [-0.15, -0.1) is 5.92 Å². The largest absolute Gasteiger partial charge is 0.481 e. The molecule has 1 atom stereocenters. The topological polar surface area (TPSA) is 135 Å². The normalized spacial score (nSPS) is 11.9. The number of aryl methyl sites for hydroxylation is 1. The zero-order valence-electron chi connectivity index (χ0n) is 21.9. The molecular formula is C30H28N2O7S. The minimum Gasteiger partial charge on any atom is -0.481 e. The van der Waals surface area contributed by atoms with E-state index < -0.39 is 28.0 Å². The Morgan fingerprint density at radius 1 is 1.05 bits per heavy atom. The Labute approximate surface area is 232 Å². The number of nitrogens with one attached hydrogen (secondary N) is 1. The highest BCUT2D eigenvalue weighted by Crippen LogP contribution is 2.26. The quantitative estimate of drug-likeness (QED) is 0.235. The van der Waals surface area contributed by atoms with Crippen LogP contribution in [0.25, 0.3) is 10.9 Å². The molecule has 0 saturated heterocycles. The molecule has 0 spiro atoms. The molecule has 4 rings (SSSR count). The molecular weight excluding hydrogens is 532 g/mol. The fraction of sp³-hybridized carbons (Fsp3) is 0.200. The van der Waals surface area contributed by atoms with E-state index >= 15 is 0 Å². The Bertz CT molecular complexity index is 1730. The van der Waals surface area contributed by atoms with Crippen molar-refractivity contribution in [2.75, 3.05) is 6.61 Å². The van der Waals surface area contributed by atoms with Crippen LogP contribution < -0.4 is 9.46 Å². The van der Waals surface area contributed by atoms with Crippen LogP contribution in [0.4, 0.5) is 0 Å². The molecule has 4 aromatic rings. The molecule has 206 valence electrons. The van der Waals surface area contributed by atoms with Crippen LogP contribution in [0.5, 0.6) is 5.75 Å². The second-order valence-electron chi connectivity index (χ2n) is 9.21. The lowest BCUT2D eigenvalue weighted by Gasteiger charge is -2.15. The predicted molar refractivity (Wildman–Crippen MR) is 150 cm³/mol. The number of benzene rings is 3. The molecule has 3 N–H and O–H groups in total. The first-order valence-electron chi connectivity index (χ1n) is 12.4. The van der Waals surface area contributed by atoms with Crippen LogP contribution in [-0.2, 0) is 27.8 Å². The van der Waals surface area contributed by atoms with Crippen LogP contribution >= 0.6 is 0 Å². The Morgan fingerprint density at radius 3 is 2.45 bits per heavy atom. The predicted octanol–water partition coefficient (Wildman–Crippen LogP) is 4.07. The number of carboxylic acids is 2. The lowest BCUT2D eigenvalue weighted by Crippen LogP contribution is -2.42. The lowest BCUT2D eigenvalue weighted by molar-refractivity contribution is -0.138. The molecule has 40 heavy (non-hydrogen) atoms. The van der Waals surface area contributed by atoms with Gasteiger partial charge in [-0.3, -0.25) is 4.79 Å². The molecule has 0 aliphatic heterocycles. The number of nitrogens with zero attached hydrogens (tertiary/aromatic N) is 1. The average Bonchev–Trinajstić information content (AvgIpc) is 3.24. The second kappa shape index (κ2) is 12.1. The highest BCUT2D eigenvalue weighted by molar-refractivity contribution is 7.89. The summed E-state index contributed by atoms with van der Waals surface area (Å²) in [6, 6.07) is 16.6. The molecule has 0 fully saturated rings. The first-order valence-corrected chi connectivity index (χ1v) is 13.8. The minimum atomic E-state index is -4.20. The SMILES string of the molecule is CC#CCOc1ccc(S(=O)(=O)N[C@@H](Cc2cn(Cc3cccc(C)c3)c3ccc(C(=O)O)cc23)C(=O)O)cc1. The summed E-state index contributed by atoms with van der Waals surface area (Å²) in [5.74, 6) is 3.37. The average molecular weight is 561 g/mol. The van der Waals surface area contributed by atoms with Gasteiger partial charge in [-0.2, -0.15) is 4.72 Å². The molecule has 0 aliphatic carbocycles. The van der Waals surface area contributed by atoms with Crippen molar-refractivity contribution in [1.82, 2.24) is 9.29 Å². The van der Waals surface area contributed by atoms with Crippen molar-refractivity contribution in [1.29, 1.82) is 0 Å². The maximum atomic E-state index is 13.1. The number of aliphatic carboxylic acids is 1. The van der Waals surface area contributed by atoms with Gasteiger partial charge in [0, 0.05) is 30.1 Å². The maximum Gasteiger partial charge on any atom is 0.335 e. The second-order valence-corrected chi connectivity index (χ2v) is 10.9. The molecule has 0 unspecified atom stereocenters. The van der Waals surface area contributed by atoms with Crippen molar-refractivity contribution in [2.45, 2.75) is 37.8 Å². The molecule has 1 aromatic heterocycles. The first kappa shape index (κ1) is 28.4. The van der Waals surface area contributed by atoms with Crippen molar-refractivity contribution in [3.63, 3.8) is 0 Å². The van der Waals surface area contributed by atoms with Gasteiger partial charge in [0.05, 0.1) is 10.5 Å². The van der Waals surface area contributed by atoms with Gasteiger partial charge >= 0.3 is 11.9 Å². The van der Waals surface area contributed by atoms with Gasteiger partial charge in [0.25, 0.3) is 0 Å². The van der Waals surface area contributed by atoms with Crippen LogP contribution in [0.2, 0.25) is 0 Å². The number of rotatable bonds is 11. The number of ether oxygens (including phenoxy) is 1. The number of aromatic carboxylic acids is 1. The monoisotopic (exact) mass is 560 g/mol. The van der Waals surface area contributed by atoms with E-state index in [2.05, 4.69) is 16.6 Å². The van der Waals surface area contributed by atoms with Gasteiger partial charge in [-0.25, -0.2) is 13.2 Å². The van der Waals surface area contributed by atoms with Gasteiger partial charge in [-0.1, -0.05) is 35.7 Å². The van der Waals surface area contributed by atoms with Crippen LogP contribution in [0.1, 0.15) is 34.0 Å². The van der Waals surface area contributed by atoms with Crippen molar-refractivity contribution in [2.24, 2.45) is 0 Å². The number of hydrogen-bond acceptors (Lipinski definition) is 5. The summed E-state index contributed by atoms with van der Waals surface area (Å²) < 4.78 is 35.7. The third kappa shape index (κ3) is 6.69. The standard InChI is InChI=1S/C30H28N2O7S/c1-3-4-14-39-24-9-11-25(12-10-24)40(37,38)31-27(30(35)36)17-23-19-32(18-21-7-5-6-20(2)15-21)28-13-8-22(29(33)34)16-26(23)28/h5-13,15-16,19,27,31H,14,17-18H2,1-2H3,(H,33,34)(H,35,36)/t27-/m0/s1. The van der Waals surface area contributed by atoms with E-state index in [1.54, 1.807) is 19.2 Å².